The van der Waals surface area contributed by atoms with Gasteiger partial charge in [-0.1, -0.05) is 12.1 Å². The van der Waals surface area contributed by atoms with Crippen LogP contribution in [-0.4, -0.2) is 153 Å². The Morgan fingerprint density at radius 2 is 0.938 bits per heavy atom. The van der Waals surface area contributed by atoms with Gasteiger partial charge in [-0.25, -0.2) is 4.58 Å². The van der Waals surface area contributed by atoms with Crippen molar-refractivity contribution in [3.8, 4) is 0 Å². The highest BCUT2D eigenvalue weighted by Crippen LogP contribution is 2.39. The third-order valence-electron chi connectivity index (χ3n) is 8.22. The lowest BCUT2D eigenvalue weighted by atomic mass is 9.80. The topological polar surface area (TPSA) is 117 Å². The van der Waals surface area contributed by atoms with Crippen LogP contribution in [0.5, 0.6) is 0 Å². The predicted octanol–water partition coefficient (Wildman–Crippen LogP) is 2.38. The molecule has 2 aliphatic heterocycles. The number of ketones is 1. The van der Waals surface area contributed by atoms with E-state index in [0.717, 1.165) is 11.4 Å². The van der Waals surface area contributed by atoms with E-state index in [9.17, 15) is 9.90 Å². The number of rotatable bonds is 2. The first kappa shape index (κ1) is 36.1. The van der Waals surface area contributed by atoms with E-state index in [0.29, 0.717) is 154 Å². The largest absolute Gasteiger partial charge is 0.506 e. The van der Waals surface area contributed by atoms with E-state index < -0.39 is 0 Å². The number of hydrogen-bond donors (Lipinski definition) is 1. The maximum Gasteiger partial charge on any atom is 0.201 e. The molecular weight excluding hydrogens is 620 g/mol. The molecule has 0 bridgehead atoms. The summed E-state index contributed by atoms with van der Waals surface area (Å²) in [6.07, 6.45) is 7.68. The fourth-order valence-corrected chi connectivity index (χ4v) is 5.58. The van der Waals surface area contributed by atoms with E-state index in [1.165, 1.54) is 0 Å². The summed E-state index contributed by atoms with van der Waals surface area (Å²) in [7, 11) is 0. The van der Waals surface area contributed by atoms with E-state index in [2.05, 4.69) is 9.48 Å². The number of nitrogens with zero attached hydrogens (tertiary/aromatic N) is 2. The minimum Gasteiger partial charge on any atom is -0.506 e. The minimum absolute atomic E-state index is 0.0152. The molecule has 0 radical (unpaired) electrons. The number of benzene rings is 1. The van der Waals surface area contributed by atoms with Crippen LogP contribution in [0.2, 0.25) is 0 Å². The average molecular weight is 670 g/mol. The van der Waals surface area contributed by atoms with Crippen LogP contribution in [0.3, 0.4) is 0 Å². The van der Waals surface area contributed by atoms with E-state index in [-0.39, 0.29) is 11.5 Å². The smallest absolute Gasteiger partial charge is 0.201 e. The Kier molecular flexibility index (Phi) is 15.3. The number of ether oxygens (including phenoxy) is 8. The monoisotopic (exact) mass is 669 g/mol. The summed E-state index contributed by atoms with van der Waals surface area (Å²) in [5.41, 5.74) is 3.98. The second-order valence-corrected chi connectivity index (χ2v) is 11.4. The summed E-state index contributed by atoms with van der Waals surface area (Å²) in [5.74, 6) is -0.157. The van der Waals surface area contributed by atoms with E-state index in [4.69, 9.17) is 37.9 Å². The average Bonchev–Trinajstić information content (AvgIpc) is 3.12. The van der Waals surface area contributed by atoms with Crippen molar-refractivity contribution in [2.24, 2.45) is 0 Å². The molecular formula is C36H49N2O10+. The van der Waals surface area contributed by atoms with Crippen molar-refractivity contribution in [2.75, 3.05) is 137 Å². The third kappa shape index (κ3) is 10.9. The SMILES string of the molecule is O=C1C(=C2C=CC(=[N+]3CCOCCOCCOCCOCC3)C=C2)C(O)=C1c1ccc(N2CCOCCOCCOCCOCC2)cc1. The second-order valence-electron chi connectivity index (χ2n) is 11.4. The molecule has 1 aromatic rings. The van der Waals surface area contributed by atoms with Crippen molar-refractivity contribution in [3.63, 3.8) is 0 Å². The van der Waals surface area contributed by atoms with E-state index >= 15 is 0 Å². The summed E-state index contributed by atoms with van der Waals surface area (Å²) in [6.45, 7) is 11.3. The zero-order valence-corrected chi connectivity index (χ0v) is 27.8. The standard InChI is InChI=1S/C36H48N2O10/c39-35-33(29-1-5-31(6-2-29)37-9-13-41-17-21-45-25-26-46-22-18-42-14-10-37)36(40)34(35)30-3-7-32(8-4-30)38-11-15-43-19-23-47-27-28-48-24-20-44-16-12-38/h1-8H,9-28H2/p+1. The van der Waals surface area contributed by atoms with Crippen LogP contribution in [0.15, 0.2) is 65.5 Å². The van der Waals surface area contributed by atoms with Gasteiger partial charge in [-0.2, -0.15) is 0 Å². The number of anilines is 1. The first-order chi connectivity index (χ1) is 23.7. The Labute approximate surface area is 282 Å². The lowest BCUT2D eigenvalue weighted by Crippen LogP contribution is -2.31. The van der Waals surface area contributed by atoms with Gasteiger partial charge in [0.15, 0.2) is 18.8 Å². The quantitative estimate of drug-likeness (QED) is 0.370. The first-order valence-electron chi connectivity index (χ1n) is 16.9. The van der Waals surface area contributed by atoms with Gasteiger partial charge in [0.2, 0.25) is 5.78 Å². The van der Waals surface area contributed by atoms with Crippen LogP contribution < -0.4 is 4.90 Å². The van der Waals surface area contributed by atoms with Gasteiger partial charge in [0.1, 0.15) is 19.0 Å². The van der Waals surface area contributed by atoms with Gasteiger partial charge < -0.3 is 47.9 Å². The molecule has 0 aromatic heterocycles. The van der Waals surface area contributed by atoms with E-state index in [1.54, 1.807) is 0 Å². The highest BCUT2D eigenvalue weighted by atomic mass is 16.6. The summed E-state index contributed by atoms with van der Waals surface area (Å²) in [5, 5.41) is 11.1. The Morgan fingerprint density at radius 1 is 0.521 bits per heavy atom. The Bertz CT molecular complexity index is 1280. The number of Topliss-reactive ketones (excluding diaryl/α,β-unsaturated/α-hetero) is 1. The number of allylic oxidation sites excluding steroid dienone is 7. The molecule has 0 spiro atoms. The summed E-state index contributed by atoms with van der Waals surface area (Å²) in [6, 6.07) is 7.68. The van der Waals surface area contributed by atoms with Gasteiger partial charge in [0.25, 0.3) is 0 Å². The Morgan fingerprint density at radius 3 is 1.38 bits per heavy atom. The van der Waals surface area contributed by atoms with Crippen LogP contribution in [0.1, 0.15) is 5.56 Å². The van der Waals surface area contributed by atoms with Crippen molar-refractivity contribution >= 4 is 22.8 Å². The first-order valence-corrected chi connectivity index (χ1v) is 16.9. The molecule has 0 atom stereocenters. The maximum atomic E-state index is 13.3. The molecule has 0 unspecified atom stereocenters. The molecule has 0 saturated carbocycles. The molecule has 2 heterocycles. The molecule has 2 saturated heterocycles. The van der Waals surface area contributed by atoms with Gasteiger partial charge in [-0.05, 0) is 35.4 Å². The lowest BCUT2D eigenvalue weighted by molar-refractivity contribution is -0.532. The van der Waals surface area contributed by atoms with Crippen LogP contribution in [0.4, 0.5) is 5.69 Å². The van der Waals surface area contributed by atoms with Crippen LogP contribution in [0, 0.1) is 0 Å². The van der Waals surface area contributed by atoms with Crippen molar-refractivity contribution in [1.82, 2.24) is 0 Å². The molecule has 1 aromatic carbocycles. The molecule has 2 aliphatic carbocycles. The molecule has 5 rings (SSSR count). The van der Waals surface area contributed by atoms with Crippen LogP contribution >= 0.6 is 0 Å². The number of carbonyl (C=O) groups is 1. The Hall–Kier alpha value is -3.20. The number of aliphatic hydroxyl groups is 1. The Balaban J connectivity index is 1.22. The highest BCUT2D eigenvalue weighted by molar-refractivity contribution is 6.39. The van der Waals surface area contributed by atoms with Crippen molar-refractivity contribution in [3.05, 3.63) is 71.0 Å². The predicted molar refractivity (Wildman–Crippen MR) is 180 cm³/mol. The van der Waals surface area contributed by atoms with Crippen LogP contribution in [0.25, 0.3) is 5.57 Å². The fourth-order valence-electron chi connectivity index (χ4n) is 5.58. The molecule has 0 amide bonds. The molecule has 262 valence electrons. The third-order valence-corrected chi connectivity index (χ3v) is 8.22. The summed E-state index contributed by atoms with van der Waals surface area (Å²) in [4.78, 5) is 15.5. The van der Waals surface area contributed by atoms with Crippen molar-refractivity contribution in [2.45, 2.75) is 0 Å². The molecule has 12 nitrogen and oxygen atoms in total. The minimum atomic E-state index is -0.172. The molecule has 48 heavy (non-hydrogen) atoms. The van der Waals surface area contributed by atoms with Gasteiger partial charge >= 0.3 is 0 Å². The normalized spacial score (nSPS) is 22.8. The summed E-state index contributed by atoms with van der Waals surface area (Å²) < 4.78 is 47.3. The van der Waals surface area contributed by atoms with Gasteiger partial charge in [0.05, 0.1) is 104 Å². The van der Waals surface area contributed by atoms with Crippen LogP contribution in [-0.2, 0) is 42.7 Å². The molecule has 12 heteroatoms. The van der Waals surface area contributed by atoms with Crippen molar-refractivity contribution < 1.29 is 52.4 Å². The molecule has 4 aliphatic rings. The van der Waals surface area contributed by atoms with E-state index in [1.807, 2.05) is 48.6 Å². The maximum absolute atomic E-state index is 13.3. The number of carbonyl (C=O) groups excluding carboxylic acids is 1. The molecule has 1 N–H and O–H groups in total. The van der Waals surface area contributed by atoms with Gasteiger partial charge in [-0.3, -0.25) is 4.79 Å². The highest BCUT2D eigenvalue weighted by Gasteiger charge is 2.36. The van der Waals surface area contributed by atoms with Gasteiger partial charge in [0, 0.05) is 30.9 Å². The van der Waals surface area contributed by atoms with Gasteiger partial charge in [-0.15, -0.1) is 0 Å². The molecule has 2 fully saturated rings. The lowest BCUT2D eigenvalue weighted by Gasteiger charge is -2.26. The summed E-state index contributed by atoms with van der Waals surface area (Å²) >= 11 is 0. The fraction of sp³-hybridized carbons (Fsp3) is 0.556. The number of hydrogen-bond acceptors (Lipinski definition) is 11. The second kappa shape index (κ2) is 20.3. The zero-order chi connectivity index (χ0) is 33.2. The zero-order valence-electron chi connectivity index (χ0n) is 27.8. The van der Waals surface area contributed by atoms with Crippen molar-refractivity contribution in [1.29, 1.82) is 0 Å². The number of aliphatic hydroxyl groups excluding tert-OH is 1.